The number of unbranched alkanes of at least 4 members (excludes halogenated alkanes) is 30. The van der Waals surface area contributed by atoms with E-state index >= 15 is 0 Å². The number of carbonyl (C=O) groups excluding carboxylic acids is 3. The van der Waals surface area contributed by atoms with Crippen LogP contribution in [0.3, 0.4) is 0 Å². The van der Waals surface area contributed by atoms with Crippen LogP contribution < -0.4 is 0 Å². The van der Waals surface area contributed by atoms with Gasteiger partial charge in [-0.2, -0.15) is 0 Å². The third-order valence-electron chi connectivity index (χ3n) is 10.1. The van der Waals surface area contributed by atoms with Crippen LogP contribution in [0.2, 0.25) is 0 Å². The minimum atomic E-state index is -0.756. The molecule has 0 radical (unpaired) electrons. The van der Waals surface area contributed by atoms with Gasteiger partial charge in [0, 0.05) is 19.3 Å². The second kappa shape index (κ2) is 41.2. The fraction of sp³-hybridized carbons (Fsp3) is 0.933. The van der Waals surface area contributed by atoms with Crippen molar-refractivity contribution in [1.82, 2.24) is 0 Å². The van der Waals surface area contributed by atoms with Gasteiger partial charge < -0.3 is 14.2 Å². The molecule has 0 aliphatic carbocycles. The summed E-state index contributed by atoms with van der Waals surface area (Å²) in [6.45, 7) is 6.59. The molecule has 0 bridgehead atoms. The fourth-order valence-electron chi connectivity index (χ4n) is 6.68. The van der Waals surface area contributed by atoms with Crippen LogP contribution in [0.1, 0.15) is 252 Å². The molecular formula is C45H86O6. The van der Waals surface area contributed by atoms with Gasteiger partial charge in [-0.1, -0.05) is 213 Å². The van der Waals surface area contributed by atoms with E-state index in [0.717, 1.165) is 57.8 Å². The fourth-order valence-corrected chi connectivity index (χ4v) is 6.68. The Kier molecular flexibility index (Phi) is 39.9. The van der Waals surface area contributed by atoms with E-state index in [1.165, 1.54) is 154 Å². The Hall–Kier alpha value is -1.59. The highest BCUT2D eigenvalue weighted by Gasteiger charge is 2.19. The molecule has 1 atom stereocenters. The van der Waals surface area contributed by atoms with Crippen molar-refractivity contribution in [3.63, 3.8) is 0 Å². The van der Waals surface area contributed by atoms with Gasteiger partial charge in [0.15, 0.2) is 6.10 Å². The molecular weight excluding hydrogens is 636 g/mol. The highest BCUT2D eigenvalue weighted by molar-refractivity contribution is 5.71. The zero-order chi connectivity index (χ0) is 37.3. The Morgan fingerprint density at radius 3 is 0.784 bits per heavy atom. The minimum absolute atomic E-state index is 0.0635. The molecule has 0 saturated heterocycles. The molecule has 6 heteroatoms. The van der Waals surface area contributed by atoms with Crippen LogP contribution in [-0.4, -0.2) is 37.2 Å². The lowest BCUT2D eigenvalue weighted by molar-refractivity contribution is -0.167. The highest BCUT2D eigenvalue weighted by Crippen LogP contribution is 2.16. The largest absolute Gasteiger partial charge is 0.462 e. The number of carbonyl (C=O) groups is 3. The van der Waals surface area contributed by atoms with Gasteiger partial charge in [0.1, 0.15) is 13.2 Å². The molecule has 0 aromatic carbocycles. The van der Waals surface area contributed by atoms with E-state index in [1.807, 2.05) is 0 Å². The Morgan fingerprint density at radius 2 is 0.529 bits per heavy atom. The van der Waals surface area contributed by atoms with Crippen LogP contribution in [0.5, 0.6) is 0 Å². The van der Waals surface area contributed by atoms with Crippen molar-refractivity contribution < 1.29 is 28.6 Å². The molecule has 0 fully saturated rings. The maximum atomic E-state index is 12.6. The van der Waals surface area contributed by atoms with E-state index < -0.39 is 6.10 Å². The Bertz CT molecular complexity index is 753. The lowest BCUT2D eigenvalue weighted by Gasteiger charge is -2.18. The second-order valence-electron chi connectivity index (χ2n) is 15.3. The summed E-state index contributed by atoms with van der Waals surface area (Å²) in [7, 11) is 0. The zero-order valence-electron chi connectivity index (χ0n) is 34.4. The van der Waals surface area contributed by atoms with Gasteiger partial charge in [-0.05, 0) is 19.3 Å². The zero-order valence-corrected chi connectivity index (χ0v) is 34.4. The van der Waals surface area contributed by atoms with E-state index in [4.69, 9.17) is 14.2 Å². The summed E-state index contributed by atoms with van der Waals surface area (Å²) in [5, 5.41) is 0. The van der Waals surface area contributed by atoms with Crippen LogP contribution in [0.4, 0.5) is 0 Å². The summed E-state index contributed by atoms with van der Waals surface area (Å²) < 4.78 is 16.6. The maximum Gasteiger partial charge on any atom is 0.306 e. The predicted molar refractivity (Wildman–Crippen MR) is 215 cm³/mol. The minimum Gasteiger partial charge on any atom is -0.462 e. The van der Waals surface area contributed by atoms with Crippen LogP contribution in [-0.2, 0) is 28.6 Å². The van der Waals surface area contributed by atoms with Crippen molar-refractivity contribution in [2.75, 3.05) is 13.2 Å². The van der Waals surface area contributed by atoms with Gasteiger partial charge in [0.2, 0.25) is 0 Å². The molecule has 0 rings (SSSR count). The summed E-state index contributed by atoms with van der Waals surface area (Å²) in [5.41, 5.74) is 0. The Labute approximate surface area is 317 Å². The number of esters is 3. The van der Waals surface area contributed by atoms with E-state index in [9.17, 15) is 14.4 Å². The number of hydrogen-bond acceptors (Lipinski definition) is 6. The first-order valence-corrected chi connectivity index (χ1v) is 22.5. The molecule has 0 unspecified atom stereocenters. The molecule has 0 aromatic rings. The third-order valence-corrected chi connectivity index (χ3v) is 10.1. The number of hydrogen-bond donors (Lipinski definition) is 0. The summed E-state index contributed by atoms with van der Waals surface area (Å²) >= 11 is 0. The van der Waals surface area contributed by atoms with Crippen molar-refractivity contribution in [1.29, 1.82) is 0 Å². The number of rotatable bonds is 41. The molecule has 302 valence electrons. The van der Waals surface area contributed by atoms with Crippen LogP contribution in [0, 0.1) is 0 Å². The van der Waals surface area contributed by atoms with E-state index in [0.29, 0.717) is 19.3 Å². The molecule has 0 N–H and O–H groups in total. The first kappa shape index (κ1) is 49.4. The molecule has 0 aromatic heterocycles. The standard InChI is InChI=1S/C45H86O6/c1-4-7-10-13-16-18-19-20-21-22-23-24-25-27-29-32-35-38-44(47)50-41-42(40-49-43(46)37-34-31-28-15-12-9-6-3)51-45(48)39-36-33-30-26-17-14-11-8-5-2/h42H,4-41H2,1-3H3/t42-/m1/s1. The van der Waals surface area contributed by atoms with Crippen molar-refractivity contribution >= 4 is 17.9 Å². The molecule has 0 amide bonds. The van der Waals surface area contributed by atoms with Crippen molar-refractivity contribution in [2.45, 2.75) is 258 Å². The molecule has 0 aliphatic rings. The van der Waals surface area contributed by atoms with Crippen LogP contribution >= 0.6 is 0 Å². The Balaban J connectivity index is 4.17. The van der Waals surface area contributed by atoms with Gasteiger partial charge in [-0.15, -0.1) is 0 Å². The Morgan fingerprint density at radius 1 is 0.314 bits per heavy atom. The summed E-state index contributed by atoms with van der Waals surface area (Å²) in [5.74, 6) is -0.862. The van der Waals surface area contributed by atoms with E-state index in [1.54, 1.807) is 0 Å². The quantitative estimate of drug-likeness (QED) is 0.0355. The predicted octanol–water partition coefficient (Wildman–Crippen LogP) is 14.1. The second-order valence-corrected chi connectivity index (χ2v) is 15.3. The molecule has 0 aliphatic heterocycles. The summed E-state index contributed by atoms with van der Waals surface area (Å²) in [6, 6.07) is 0. The smallest absolute Gasteiger partial charge is 0.306 e. The average Bonchev–Trinajstić information content (AvgIpc) is 3.12. The molecule has 6 nitrogen and oxygen atoms in total. The average molecular weight is 723 g/mol. The van der Waals surface area contributed by atoms with Gasteiger partial charge in [0.25, 0.3) is 0 Å². The highest BCUT2D eigenvalue weighted by atomic mass is 16.6. The van der Waals surface area contributed by atoms with E-state index in [2.05, 4.69) is 20.8 Å². The van der Waals surface area contributed by atoms with Gasteiger partial charge >= 0.3 is 17.9 Å². The molecule has 0 heterocycles. The maximum absolute atomic E-state index is 12.6. The summed E-state index contributed by atoms with van der Waals surface area (Å²) in [4.78, 5) is 37.5. The van der Waals surface area contributed by atoms with Crippen LogP contribution in [0.15, 0.2) is 0 Å². The number of ether oxygens (including phenoxy) is 3. The monoisotopic (exact) mass is 723 g/mol. The van der Waals surface area contributed by atoms with Crippen molar-refractivity contribution in [3.8, 4) is 0 Å². The van der Waals surface area contributed by atoms with Crippen molar-refractivity contribution in [2.24, 2.45) is 0 Å². The van der Waals surface area contributed by atoms with E-state index in [-0.39, 0.29) is 31.1 Å². The van der Waals surface area contributed by atoms with Crippen molar-refractivity contribution in [3.05, 3.63) is 0 Å². The van der Waals surface area contributed by atoms with Gasteiger partial charge in [-0.3, -0.25) is 14.4 Å². The SMILES string of the molecule is CCCCCCCCCCCCCCCCCCCC(=O)OC[C@@H](COC(=O)CCCCCCCCC)OC(=O)CCCCCCCCCCC. The van der Waals surface area contributed by atoms with Crippen LogP contribution in [0.25, 0.3) is 0 Å². The molecule has 0 spiro atoms. The molecule has 51 heavy (non-hydrogen) atoms. The molecule has 0 saturated carbocycles. The summed E-state index contributed by atoms with van der Waals surface area (Å²) in [6.07, 6.45) is 41.0. The van der Waals surface area contributed by atoms with Gasteiger partial charge in [-0.25, -0.2) is 0 Å². The lowest BCUT2D eigenvalue weighted by Crippen LogP contribution is -2.30. The first-order chi connectivity index (χ1) is 25.0. The topological polar surface area (TPSA) is 78.9 Å². The first-order valence-electron chi connectivity index (χ1n) is 22.5. The third kappa shape index (κ3) is 39.5. The van der Waals surface area contributed by atoms with Gasteiger partial charge in [0.05, 0.1) is 0 Å². The lowest BCUT2D eigenvalue weighted by atomic mass is 10.0. The normalized spacial score (nSPS) is 11.8.